The molecule has 0 spiro atoms. The second kappa shape index (κ2) is 10.7. The van der Waals surface area contributed by atoms with E-state index in [1.165, 1.54) is 0 Å². The van der Waals surface area contributed by atoms with E-state index in [-0.39, 0.29) is 17.6 Å². The smallest absolute Gasteiger partial charge is 0.251 e. The average molecular weight is 465 g/mol. The number of aryl methyl sites for hydroxylation is 1. The summed E-state index contributed by atoms with van der Waals surface area (Å²) in [5.74, 6) is 0.363. The molecule has 0 aromatic heterocycles. The summed E-state index contributed by atoms with van der Waals surface area (Å²) in [4.78, 5) is 33.0. The van der Waals surface area contributed by atoms with Gasteiger partial charge in [-0.25, -0.2) is 4.99 Å². The molecule has 0 saturated carbocycles. The van der Waals surface area contributed by atoms with Crippen LogP contribution in [0.15, 0.2) is 29.3 Å². The van der Waals surface area contributed by atoms with Crippen LogP contribution in [0.25, 0.3) is 0 Å². The largest absolute Gasteiger partial charge is 0.507 e. The number of hydrogen-bond acceptors (Lipinski definition) is 4. The zero-order chi connectivity index (χ0) is 25.0. The quantitative estimate of drug-likeness (QED) is 0.233. The first kappa shape index (κ1) is 25.3. The molecule has 1 atom stereocenters. The fourth-order valence-electron chi connectivity index (χ4n) is 4.50. The predicted molar refractivity (Wildman–Crippen MR) is 137 cm³/mol. The number of phenolic OH excluding ortho intramolecular Hbond substituents is 1. The van der Waals surface area contributed by atoms with Gasteiger partial charge in [-0.3, -0.25) is 9.59 Å². The standard InChI is InChI=1S/C27H36N4O3/c1-6-7-8-9-24(32)31-13-12-20-10-11-21(29-19(5)28)15-22(20)25(31)27(34)30-23-14-16(2)26(33)18(4)17(23)3/h10-11,14-15,25,33H,6-9,12-13H2,1-5H3,(H2,28,29)(H,30,34). The number of benzene rings is 2. The molecule has 7 heteroatoms. The summed E-state index contributed by atoms with van der Waals surface area (Å²) in [6, 6.07) is 6.73. The zero-order valence-electron chi connectivity index (χ0n) is 20.9. The van der Waals surface area contributed by atoms with Gasteiger partial charge in [0.15, 0.2) is 0 Å². The molecule has 2 aromatic rings. The number of nitrogens with one attached hydrogen (secondary N) is 1. The molecule has 0 bridgehead atoms. The Bertz CT molecular complexity index is 1120. The molecule has 0 saturated heterocycles. The van der Waals surface area contributed by atoms with E-state index < -0.39 is 6.04 Å². The first-order valence-electron chi connectivity index (χ1n) is 12.0. The molecule has 1 aliphatic heterocycles. The van der Waals surface area contributed by atoms with Crippen LogP contribution >= 0.6 is 0 Å². The van der Waals surface area contributed by atoms with Crippen LogP contribution < -0.4 is 11.1 Å². The highest BCUT2D eigenvalue weighted by Crippen LogP contribution is 2.36. The lowest BCUT2D eigenvalue weighted by atomic mass is 9.90. The fourth-order valence-corrected chi connectivity index (χ4v) is 4.50. The van der Waals surface area contributed by atoms with Gasteiger partial charge in [0, 0.05) is 18.7 Å². The summed E-state index contributed by atoms with van der Waals surface area (Å²) in [5, 5.41) is 13.3. The van der Waals surface area contributed by atoms with Crippen molar-refractivity contribution in [1.82, 2.24) is 4.90 Å². The zero-order valence-corrected chi connectivity index (χ0v) is 20.9. The number of fused-ring (bicyclic) bond motifs is 1. The van der Waals surface area contributed by atoms with Gasteiger partial charge in [0.25, 0.3) is 5.91 Å². The van der Waals surface area contributed by atoms with Gasteiger partial charge in [0.05, 0.1) is 11.5 Å². The van der Waals surface area contributed by atoms with E-state index in [2.05, 4.69) is 17.2 Å². The number of anilines is 1. The number of nitrogens with zero attached hydrogens (tertiary/aromatic N) is 2. The molecule has 1 unspecified atom stereocenters. The lowest BCUT2D eigenvalue weighted by molar-refractivity contribution is -0.139. The number of amides is 2. The Kier molecular flexibility index (Phi) is 7.97. The Labute approximate surface area is 202 Å². The minimum atomic E-state index is -0.764. The van der Waals surface area contributed by atoms with Gasteiger partial charge in [-0.05, 0) is 86.6 Å². The van der Waals surface area contributed by atoms with Crippen LogP contribution in [0, 0.1) is 20.8 Å². The maximum absolute atomic E-state index is 13.7. The lowest BCUT2D eigenvalue weighted by Crippen LogP contribution is -2.45. The minimum Gasteiger partial charge on any atom is -0.507 e. The number of aliphatic imine (C=N–C) groups is 1. The Balaban J connectivity index is 2.02. The topological polar surface area (TPSA) is 108 Å². The van der Waals surface area contributed by atoms with E-state index in [0.29, 0.717) is 42.2 Å². The average Bonchev–Trinajstić information content (AvgIpc) is 2.79. The molecule has 2 aromatic carbocycles. The summed E-state index contributed by atoms with van der Waals surface area (Å²) in [6.07, 6.45) is 3.91. The van der Waals surface area contributed by atoms with Gasteiger partial charge < -0.3 is 21.1 Å². The Hall–Kier alpha value is -3.35. The number of aromatic hydroxyl groups is 1. The van der Waals surface area contributed by atoms with E-state index in [1.54, 1.807) is 24.8 Å². The third kappa shape index (κ3) is 5.41. The molecule has 2 amide bonds. The van der Waals surface area contributed by atoms with Crippen molar-refractivity contribution in [2.24, 2.45) is 10.7 Å². The van der Waals surface area contributed by atoms with Crippen LogP contribution in [-0.2, 0) is 16.0 Å². The van der Waals surface area contributed by atoms with E-state index >= 15 is 0 Å². The van der Waals surface area contributed by atoms with Crippen molar-refractivity contribution in [3.05, 3.63) is 52.1 Å². The summed E-state index contributed by atoms with van der Waals surface area (Å²) in [5.41, 5.74) is 11.1. The van der Waals surface area contributed by atoms with E-state index in [1.807, 2.05) is 32.0 Å². The number of hydrogen-bond donors (Lipinski definition) is 3. The number of nitrogens with two attached hydrogens (primary N) is 1. The van der Waals surface area contributed by atoms with Gasteiger partial charge in [0.1, 0.15) is 11.8 Å². The van der Waals surface area contributed by atoms with Gasteiger partial charge >= 0.3 is 0 Å². The Morgan fingerprint density at radius 1 is 1.18 bits per heavy atom. The summed E-state index contributed by atoms with van der Waals surface area (Å²) in [6.45, 7) is 9.79. The molecular formula is C27H36N4O3. The van der Waals surface area contributed by atoms with Crippen molar-refractivity contribution in [2.45, 2.75) is 72.8 Å². The summed E-state index contributed by atoms with van der Waals surface area (Å²) >= 11 is 0. The van der Waals surface area contributed by atoms with Crippen molar-refractivity contribution < 1.29 is 14.7 Å². The van der Waals surface area contributed by atoms with Crippen molar-refractivity contribution in [2.75, 3.05) is 11.9 Å². The highest BCUT2D eigenvalue weighted by Gasteiger charge is 2.36. The molecular weight excluding hydrogens is 428 g/mol. The first-order chi connectivity index (χ1) is 16.1. The minimum absolute atomic E-state index is 0.0158. The number of unbranched alkanes of at least 4 members (excludes halogenated alkanes) is 2. The highest BCUT2D eigenvalue weighted by molar-refractivity contribution is 5.99. The van der Waals surface area contributed by atoms with Crippen LogP contribution in [0.4, 0.5) is 11.4 Å². The van der Waals surface area contributed by atoms with Crippen LogP contribution in [0.2, 0.25) is 0 Å². The maximum Gasteiger partial charge on any atom is 0.251 e. The molecule has 3 rings (SSSR count). The molecule has 1 aliphatic rings. The Morgan fingerprint density at radius 3 is 2.59 bits per heavy atom. The third-order valence-electron chi connectivity index (χ3n) is 6.54. The maximum atomic E-state index is 13.7. The Morgan fingerprint density at radius 2 is 1.91 bits per heavy atom. The monoisotopic (exact) mass is 464 g/mol. The van der Waals surface area contributed by atoms with Gasteiger partial charge in [-0.1, -0.05) is 25.8 Å². The van der Waals surface area contributed by atoms with Crippen LogP contribution in [0.3, 0.4) is 0 Å². The molecule has 4 N–H and O–H groups in total. The molecule has 0 fully saturated rings. The summed E-state index contributed by atoms with van der Waals surface area (Å²) in [7, 11) is 0. The van der Waals surface area contributed by atoms with Gasteiger partial charge in [-0.2, -0.15) is 0 Å². The van der Waals surface area contributed by atoms with Crippen LogP contribution in [0.1, 0.15) is 73.4 Å². The third-order valence-corrected chi connectivity index (χ3v) is 6.54. The SMILES string of the molecule is CCCCCC(=O)N1CCc2ccc(N=C(C)N)cc2C1C(=O)Nc1cc(C)c(O)c(C)c1C. The van der Waals surface area contributed by atoms with Crippen molar-refractivity contribution in [3.8, 4) is 5.75 Å². The van der Waals surface area contributed by atoms with Gasteiger partial charge in [-0.15, -0.1) is 0 Å². The number of rotatable bonds is 7. The lowest BCUT2D eigenvalue weighted by Gasteiger charge is -2.37. The molecule has 34 heavy (non-hydrogen) atoms. The number of amidine groups is 1. The summed E-state index contributed by atoms with van der Waals surface area (Å²) < 4.78 is 0. The van der Waals surface area contributed by atoms with Crippen molar-refractivity contribution in [3.63, 3.8) is 0 Å². The highest BCUT2D eigenvalue weighted by atomic mass is 16.3. The van der Waals surface area contributed by atoms with E-state index in [4.69, 9.17) is 5.73 Å². The number of carbonyl (C=O) groups excluding carboxylic acids is 2. The molecule has 0 radical (unpaired) electrons. The molecule has 7 nitrogen and oxygen atoms in total. The number of phenols is 1. The second-order valence-electron chi connectivity index (χ2n) is 9.16. The normalized spacial score (nSPS) is 15.7. The van der Waals surface area contributed by atoms with Crippen molar-refractivity contribution in [1.29, 1.82) is 0 Å². The van der Waals surface area contributed by atoms with Crippen LogP contribution in [0.5, 0.6) is 5.75 Å². The predicted octanol–water partition coefficient (Wildman–Crippen LogP) is 4.97. The van der Waals surface area contributed by atoms with Crippen molar-refractivity contribution >= 4 is 29.0 Å². The van der Waals surface area contributed by atoms with Crippen LogP contribution in [-0.4, -0.2) is 34.2 Å². The second-order valence-corrected chi connectivity index (χ2v) is 9.16. The molecule has 1 heterocycles. The first-order valence-corrected chi connectivity index (χ1v) is 12.0. The fraction of sp³-hybridized carbons (Fsp3) is 0.444. The molecule has 0 aliphatic carbocycles. The van der Waals surface area contributed by atoms with E-state index in [9.17, 15) is 14.7 Å². The molecule has 182 valence electrons. The number of carbonyl (C=O) groups is 2. The van der Waals surface area contributed by atoms with E-state index in [0.717, 1.165) is 41.5 Å². The van der Waals surface area contributed by atoms with Gasteiger partial charge in [0.2, 0.25) is 5.91 Å².